The van der Waals surface area contributed by atoms with E-state index in [1.165, 1.54) is 49.9 Å². The van der Waals surface area contributed by atoms with E-state index in [2.05, 4.69) is 47.0 Å². The highest BCUT2D eigenvalue weighted by Crippen LogP contribution is 2.48. The average molecular weight is 426 g/mol. The maximum atomic E-state index is 13.3. The Balaban J connectivity index is 1.55. The van der Waals surface area contributed by atoms with Crippen LogP contribution in [0.3, 0.4) is 0 Å². The fraction of sp³-hybridized carbons (Fsp3) is 0.615. The van der Waals surface area contributed by atoms with Crippen LogP contribution in [0.2, 0.25) is 0 Å². The normalized spacial score (nSPS) is 23.8. The lowest BCUT2D eigenvalue weighted by atomic mass is 9.75. The molecule has 1 saturated heterocycles. The van der Waals surface area contributed by atoms with Gasteiger partial charge in [0.1, 0.15) is 5.82 Å². The molecule has 1 aliphatic heterocycles. The molecule has 0 radical (unpaired) electrons. The van der Waals surface area contributed by atoms with Gasteiger partial charge in [0.05, 0.1) is 12.8 Å². The van der Waals surface area contributed by atoms with Gasteiger partial charge in [-0.05, 0) is 76.3 Å². The van der Waals surface area contributed by atoms with Gasteiger partial charge in [-0.1, -0.05) is 25.3 Å². The molecule has 0 N–H and O–H groups in total. The number of rotatable bonds is 8. The number of halogens is 1. The summed E-state index contributed by atoms with van der Waals surface area (Å²) in [6.07, 6.45) is 12.8. The van der Waals surface area contributed by atoms with Crippen molar-refractivity contribution < 1.29 is 9.13 Å². The molecule has 0 unspecified atom stereocenters. The summed E-state index contributed by atoms with van der Waals surface area (Å²) < 4.78 is 19.3. The van der Waals surface area contributed by atoms with Crippen LogP contribution >= 0.6 is 0 Å². The Labute approximate surface area is 186 Å². The minimum absolute atomic E-state index is 0.0983. The van der Waals surface area contributed by atoms with Crippen LogP contribution in [-0.2, 0) is 16.7 Å². The third kappa shape index (κ3) is 4.98. The number of aryl methyl sites for hydroxylation is 2. The van der Waals surface area contributed by atoms with Crippen molar-refractivity contribution in [1.29, 1.82) is 0 Å². The average Bonchev–Trinajstić information content (AvgIpc) is 3.23. The highest BCUT2D eigenvalue weighted by Gasteiger charge is 2.48. The van der Waals surface area contributed by atoms with Crippen LogP contribution < -0.4 is 0 Å². The first-order valence-corrected chi connectivity index (χ1v) is 11.9. The lowest BCUT2D eigenvalue weighted by Crippen LogP contribution is -2.48. The zero-order chi connectivity index (χ0) is 21.7. The molecule has 2 fully saturated rings. The van der Waals surface area contributed by atoms with Crippen molar-refractivity contribution in [3.63, 3.8) is 0 Å². The summed E-state index contributed by atoms with van der Waals surface area (Å²) >= 11 is 0. The van der Waals surface area contributed by atoms with Crippen LogP contribution in [-0.4, -0.2) is 41.2 Å². The lowest BCUT2D eigenvalue weighted by Gasteiger charge is -2.46. The van der Waals surface area contributed by atoms with Crippen molar-refractivity contribution in [2.24, 2.45) is 5.41 Å². The highest BCUT2D eigenvalue weighted by molar-refractivity contribution is 5.25. The number of ether oxygens (including phenoxy) is 1. The summed E-state index contributed by atoms with van der Waals surface area (Å²) in [4.78, 5) is 11.7. The topological polar surface area (TPSA) is 38.2 Å². The fourth-order valence-corrected chi connectivity index (χ4v) is 5.63. The number of pyridine rings is 2. The summed E-state index contributed by atoms with van der Waals surface area (Å²) in [5.41, 5.74) is 3.64. The number of aromatic nitrogens is 2. The molecular weight excluding hydrogens is 389 g/mol. The van der Waals surface area contributed by atoms with E-state index in [9.17, 15) is 4.39 Å². The first-order chi connectivity index (χ1) is 15.1. The second-order valence-electron chi connectivity index (χ2n) is 9.56. The Morgan fingerprint density at radius 1 is 1.03 bits per heavy atom. The first kappa shape index (κ1) is 22.3. The molecule has 0 bridgehead atoms. The largest absolute Gasteiger partial charge is 0.381 e. The summed E-state index contributed by atoms with van der Waals surface area (Å²) in [5.74, 6) is -0.272. The summed E-state index contributed by atoms with van der Waals surface area (Å²) in [5, 5.41) is 0. The van der Waals surface area contributed by atoms with Crippen LogP contribution in [0.15, 0.2) is 36.7 Å². The SMILES string of the molecule is CCOC[C@]1(CCc2ccc(F)cn2)CCN(C2(c3ccc(C)nc3)CCCCC2)C1. The number of hydrogen-bond acceptors (Lipinski definition) is 4. The van der Waals surface area contributed by atoms with Gasteiger partial charge in [0.2, 0.25) is 0 Å². The van der Waals surface area contributed by atoms with Gasteiger partial charge < -0.3 is 4.74 Å². The molecule has 0 spiro atoms. The van der Waals surface area contributed by atoms with Gasteiger partial charge in [0, 0.05) is 41.7 Å². The van der Waals surface area contributed by atoms with Gasteiger partial charge in [-0.25, -0.2) is 4.39 Å². The third-order valence-corrected chi connectivity index (χ3v) is 7.49. The number of likely N-dealkylation sites (tertiary alicyclic amines) is 1. The molecule has 1 aliphatic carbocycles. The Morgan fingerprint density at radius 2 is 1.87 bits per heavy atom. The van der Waals surface area contributed by atoms with Gasteiger partial charge in [-0.2, -0.15) is 0 Å². The lowest BCUT2D eigenvalue weighted by molar-refractivity contribution is 0.0204. The van der Waals surface area contributed by atoms with E-state index >= 15 is 0 Å². The molecule has 3 heterocycles. The molecule has 168 valence electrons. The van der Waals surface area contributed by atoms with Crippen molar-refractivity contribution in [2.75, 3.05) is 26.3 Å². The second-order valence-corrected chi connectivity index (χ2v) is 9.56. The summed E-state index contributed by atoms with van der Waals surface area (Å²) in [7, 11) is 0. The Bertz CT molecular complexity index is 833. The Morgan fingerprint density at radius 3 is 2.55 bits per heavy atom. The molecule has 2 aliphatic rings. The van der Waals surface area contributed by atoms with Crippen molar-refractivity contribution in [2.45, 2.75) is 70.8 Å². The van der Waals surface area contributed by atoms with Gasteiger partial charge in [0.15, 0.2) is 0 Å². The molecule has 1 saturated carbocycles. The number of hydrogen-bond donors (Lipinski definition) is 0. The predicted octanol–water partition coefficient (Wildman–Crippen LogP) is 5.44. The molecule has 4 rings (SSSR count). The third-order valence-electron chi connectivity index (χ3n) is 7.49. The fourth-order valence-electron chi connectivity index (χ4n) is 5.63. The van der Waals surface area contributed by atoms with Crippen molar-refractivity contribution in [1.82, 2.24) is 14.9 Å². The van der Waals surface area contributed by atoms with Crippen LogP contribution in [0.1, 0.15) is 68.8 Å². The van der Waals surface area contributed by atoms with Crippen LogP contribution in [0.25, 0.3) is 0 Å². The molecule has 0 amide bonds. The molecule has 0 aromatic carbocycles. The smallest absolute Gasteiger partial charge is 0.141 e. The van der Waals surface area contributed by atoms with Gasteiger partial charge in [0.25, 0.3) is 0 Å². The molecule has 1 atom stereocenters. The van der Waals surface area contributed by atoms with Crippen molar-refractivity contribution >= 4 is 0 Å². The van der Waals surface area contributed by atoms with Crippen LogP contribution in [0, 0.1) is 18.2 Å². The molecule has 31 heavy (non-hydrogen) atoms. The molecule has 2 aromatic rings. The zero-order valence-electron chi connectivity index (χ0n) is 19.1. The van der Waals surface area contributed by atoms with E-state index in [1.807, 2.05) is 6.07 Å². The van der Waals surface area contributed by atoms with Crippen LogP contribution in [0.5, 0.6) is 0 Å². The standard InChI is InChI=1S/C26H36FN3O/c1-3-31-20-25(14-11-24-10-9-23(27)18-29-24)15-16-30(19-25)26(12-5-4-6-13-26)22-8-7-21(2)28-17-22/h7-10,17-18H,3-6,11-16,19-20H2,1-2H3/t25-/m1/s1. The van der Waals surface area contributed by atoms with Gasteiger partial charge in [-0.3, -0.25) is 14.9 Å². The van der Waals surface area contributed by atoms with Crippen molar-refractivity contribution in [3.05, 3.63) is 59.4 Å². The quantitative estimate of drug-likeness (QED) is 0.564. The second kappa shape index (κ2) is 9.74. The summed E-state index contributed by atoms with van der Waals surface area (Å²) in [6, 6.07) is 7.80. The summed E-state index contributed by atoms with van der Waals surface area (Å²) in [6.45, 7) is 7.79. The Hall–Kier alpha value is -1.85. The minimum Gasteiger partial charge on any atom is -0.381 e. The monoisotopic (exact) mass is 425 g/mol. The van der Waals surface area contributed by atoms with E-state index < -0.39 is 0 Å². The molecule has 2 aromatic heterocycles. The minimum atomic E-state index is -0.272. The Kier molecular flexibility index (Phi) is 7.02. The van der Waals surface area contributed by atoms with E-state index in [4.69, 9.17) is 4.74 Å². The first-order valence-electron chi connectivity index (χ1n) is 11.9. The molecule has 5 heteroatoms. The predicted molar refractivity (Wildman–Crippen MR) is 121 cm³/mol. The maximum absolute atomic E-state index is 13.3. The maximum Gasteiger partial charge on any atom is 0.141 e. The van der Waals surface area contributed by atoms with Gasteiger partial charge in [-0.15, -0.1) is 0 Å². The highest BCUT2D eigenvalue weighted by atomic mass is 19.1. The van der Waals surface area contributed by atoms with Crippen LogP contribution in [0.4, 0.5) is 4.39 Å². The van der Waals surface area contributed by atoms with E-state index in [1.54, 1.807) is 0 Å². The van der Waals surface area contributed by atoms with Crippen molar-refractivity contribution in [3.8, 4) is 0 Å². The van der Waals surface area contributed by atoms with E-state index in [0.717, 1.165) is 57.0 Å². The van der Waals surface area contributed by atoms with E-state index in [0.29, 0.717) is 0 Å². The zero-order valence-corrected chi connectivity index (χ0v) is 19.1. The molecule has 4 nitrogen and oxygen atoms in total. The van der Waals surface area contributed by atoms with E-state index in [-0.39, 0.29) is 16.8 Å². The number of nitrogens with zero attached hydrogens (tertiary/aromatic N) is 3. The molecular formula is C26H36FN3O. The van der Waals surface area contributed by atoms with Gasteiger partial charge >= 0.3 is 0 Å².